The van der Waals surface area contributed by atoms with Crippen LogP contribution in [-0.2, 0) is 4.79 Å². The minimum Gasteiger partial charge on any atom is -0.399 e. The van der Waals surface area contributed by atoms with Gasteiger partial charge in [-0.3, -0.25) is 9.59 Å². The number of nitrogens with one attached hydrogen (secondary N) is 2. The van der Waals surface area contributed by atoms with Crippen molar-refractivity contribution in [2.24, 2.45) is 0 Å². The Bertz CT molecular complexity index is 565. The fraction of sp³-hybridized carbons (Fsp3) is 0.429. The summed E-state index contributed by atoms with van der Waals surface area (Å²) in [5.41, 5.74) is 6.18. The van der Waals surface area contributed by atoms with Crippen molar-refractivity contribution < 1.29 is 22.8 Å². The fourth-order valence-corrected chi connectivity index (χ4v) is 1.90. The van der Waals surface area contributed by atoms with E-state index in [-0.39, 0.29) is 23.6 Å². The lowest BCUT2D eigenvalue weighted by Crippen LogP contribution is -2.29. The van der Waals surface area contributed by atoms with Gasteiger partial charge in [-0.2, -0.15) is 13.2 Å². The maximum Gasteiger partial charge on any atom is 0.390 e. The van der Waals surface area contributed by atoms with Crippen LogP contribution in [-0.4, -0.2) is 31.1 Å². The number of alkyl halides is 3. The summed E-state index contributed by atoms with van der Waals surface area (Å²) < 4.78 is 35.7. The van der Waals surface area contributed by atoms with Crippen molar-refractivity contribution in [2.45, 2.75) is 25.4 Å². The molecule has 9 heteroatoms. The molecule has 1 rings (SSSR count). The average Bonchev–Trinajstić information content (AvgIpc) is 2.44. The van der Waals surface area contributed by atoms with Gasteiger partial charge in [-0.1, -0.05) is 11.6 Å². The molecule has 128 valence electrons. The molecule has 0 radical (unpaired) electrons. The maximum atomic E-state index is 11.9. The summed E-state index contributed by atoms with van der Waals surface area (Å²) >= 11 is 5.88. The van der Waals surface area contributed by atoms with Gasteiger partial charge < -0.3 is 16.4 Å². The molecule has 0 aromatic heterocycles. The highest BCUT2D eigenvalue weighted by atomic mass is 35.5. The van der Waals surface area contributed by atoms with Crippen LogP contribution in [0.3, 0.4) is 0 Å². The second kappa shape index (κ2) is 8.61. The van der Waals surface area contributed by atoms with Crippen LogP contribution in [0.15, 0.2) is 18.2 Å². The number of amides is 2. The first kappa shape index (κ1) is 19.1. The largest absolute Gasteiger partial charge is 0.399 e. The first-order chi connectivity index (χ1) is 10.7. The van der Waals surface area contributed by atoms with Crippen LogP contribution < -0.4 is 16.4 Å². The van der Waals surface area contributed by atoms with Crippen LogP contribution in [0.2, 0.25) is 5.02 Å². The SMILES string of the molecule is Nc1ccc(Cl)c(C(=O)NCCCC(=O)NCCC(F)(F)F)c1. The molecule has 2 amide bonds. The molecular weight excluding hydrogens is 335 g/mol. The van der Waals surface area contributed by atoms with Crippen molar-refractivity contribution >= 4 is 29.1 Å². The minimum absolute atomic E-state index is 0.0167. The standard InChI is InChI=1S/C14H17ClF3N3O2/c15-11-4-3-9(19)8-10(11)13(23)21-6-1-2-12(22)20-7-5-14(16,17)18/h3-4,8H,1-2,5-7,19H2,(H,20,22)(H,21,23). The zero-order valence-corrected chi connectivity index (χ0v) is 12.9. The van der Waals surface area contributed by atoms with E-state index in [0.29, 0.717) is 12.1 Å². The van der Waals surface area contributed by atoms with Gasteiger partial charge in [-0.25, -0.2) is 0 Å². The molecule has 1 aromatic rings. The fourth-order valence-electron chi connectivity index (χ4n) is 1.70. The van der Waals surface area contributed by atoms with Gasteiger partial charge in [0.05, 0.1) is 17.0 Å². The number of benzene rings is 1. The predicted molar refractivity (Wildman–Crippen MR) is 81.1 cm³/mol. The number of hydrogen-bond acceptors (Lipinski definition) is 3. The monoisotopic (exact) mass is 351 g/mol. The van der Waals surface area contributed by atoms with E-state index in [1.807, 2.05) is 0 Å². The topological polar surface area (TPSA) is 84.2 Å². The zero-order valence-electron chi connectivity index (χ0n) is 12.2. The average molecular weight is 352 g/mol. The predicted octanol–water partition coefficient (Wildman–Crippen LogP) is 2.50. The second-order valence-corrected chi connectivity index (χ2v) is 5.22. The van der Waals surface area contributed by atoms with Gasteiger partial charge in [0.1, 0.15) is 0 Å². The van der Waals surface area contributed by atoms with Gasteiger partial charge in [0, 0.05) is 25.2 Å². The van der Waals surface area contributed by atoms with E-state index in [0.717, 1.165) is 0 Å². The van der Waals surface area contributed by atoms with Crippen LogP contribution in [0.4, 0.5) is 18.9 Å². The summed E-state index contributed by atoms with van der Waals surface area (Å²) in [6.07, 6.45) is -5.05. The van der Waals surface area contributed by atoms with E-state index in [2.05, 4.69) is 10.6 Å². The first-order valence-corrected chi connectivity index (χ1v) is 7.23. The van der Waals surface area contributed by atoms with Gasteiger partial charge in [0.15, 0.2) is 0 Å². The number of hydrogen-bond donors (Lipinski definition) is 3. The summed E-state index contributed by atoms with van der Waals surface area (Å²) in [5, 5.41) is 4.98. The number of halogens is 4. The Balaban J connectivity index is 2.25. The lowest BCUT2D eigenvalue weighted by atomic mass is 10.2. The van der Waals surface area contributed by atoms with Gasteiger partial charge in [0.2, 0.25) is 5.91 Å². The molecule has 23 heavy (non-hydrogen) atoms. The molecule has 0 atom stereocenters. The quantitative estimate of drug-likeness (QED) is 0.521. The highest BCUT2D eigenvalue weighted by Crippen LogP contribution is 2.19. The molecule has 0 fully saturated rings. The normalized spacial score (nSPS) is 11.1. The lowest BCUT2D eigenvalue weighted by molar-refractivity contribution is -0.135. The third kappa shape index (κ3) is 7.73. The third-order valence-corrected chi connectivity index (χ3v) is 3.16. The zero-order chi connectivity index (χ0) is 17.5. The highest BCUT2D eigenvalue weighted by Gasteiger charge is 2.26. The van der Waals surface area contributed by atoms with Gasteiger partial charge in [-0.05, 0) is 24.6 Å². The van der Waals surface area contributed by atoms with E-state index >= 15 is 0 Å². The van der Waals surface area contributed by atoms with Crippen molar-refractivity contribution in [3.63, 3.8) is 0 Å². The number of carbonyl (C=O) groups excluding carboxylic acids is 2. The van der Waals surface area contributed by atoms with E-state index in [4.69, 9.17) is 17.3 Å². The molecular formula is C14H17ClF3N3O2. The van der Waals surface area contributed by atoms with Crippen LogP contribution in [0.1, 0.15) is 29.6 Å². The Morgan fingerprint density at radius 1 is 1.17 bits per heavy atom. The Kier molecular flexibility index (Phi) is 7.15. The molecule has 4 N–H and O–H groups in total. The number of nitrogen functional groups attached to an aromatic ring is 1. The van der Waals surface area contributed by atoms with Crippen molar-refractivity contribution in [2.75, 3.05) is 18.8 Å². The maximum absolute atomic E-state index is 11.9. The molecule has 0 aliphatic heterocycles. The molecule has 5 nitrogen and oxygen atoms in total. The number of anilines is 1. The highest BCUT2D eigenvalue weighted by molar-refractivity contribution is 6.34. The summed E-state index contributed by atoms with van der Waals surface area (Å²) in [6, 6.07) is 4.49. The Hall–Kier alpha value is -1.96. The van der Waals surface area contributed by atoms with Crippen molar-refractivity contribution in [3.8, 4) is 0 Å². The third-order valence-electron chi connectivity index (χ3n) is 2.83. The van der Waals surface area contributed by atoms with E-state index < -0.39 is 31.0 Å². The Labute approximate surface area is 136 Å². The summed E-state index contributed by atoms with van der Waals surface area (Å²) in [6.45, 7) is -0.260. The van der Waals surface area contributed by atoms with Crippen LogP contribution >= 0.6 is 11.6 Å². The van der Waals surface area contributed by atoms with Gasteiger partial charge in [0.25, 0.3) is 5.91 Å². The number of nitrogens with two attached hydrogens (primary N) is 1. The van der Waals surface area contributed by atoms with Crippen LogP contribution in [0.5, 0.6) is 0 Å². The molecule has 0 aliphatic rings. The molecule has 0 saturated heterocycles. The van der Waals surface area contributed by atoms with Gasteiger partial charge in [-0.15, -0.1) is 0 Å². The molecule has 0 unspecified atom stereocenters. The summed E-state index contributed by atoms with van der Waals surface area (Å²) in [5.74, 6) is -0.926. The number of rotatable bonds is 7. The smallest absolute Gasteiger partial charge is 0.390 e. The van der Waals surface area contributed by atoms with Crippen molar-refractivity contribution in [3.05, 3.63) is 28.8 Å². The van der Waals surface area contributed by atoms with E-state index in [1.54, 1.807) is 6.07 Å². The lowest BCUT2D eigenvalue weighted by Gasteiger charge is -2.09. The van der Waals surface area contributed by atoms with E-state index in [1.165, 1.54) is 12.1 Å². The van der Waals surface area contributed by atoms with Crippen molar-refractivity contribution in [1.29, 1.82) is 0 Å². The second-order valence-electron chi connectivity index (χ2n) is 4.81. The molecule has 0 spiro atoms. The Morgan fingerprint density at radius 3 is 2.52 bits per heavy atom. The first-order valence-electron chi connectivity index (χ1n) is 6.86. The summed E-state index contributed by atoms with van der Waals surface area (Å²) in [7, 11) is 0. The molecule has 1 aromatic carbocycles. The van der Waals surface area contributed by atoms with E-state index in [9.17, 15) is 22.8 Å². The molecule has 0 saturated carbocycles. The Morgan fingerprint density at radius 2 is 1.87 bits per heavy atom. The van der Waals surface area contributed by atoms with Crippen LogP contribution in [0, 0.1) is 0 Å². The van der Waals surface area contributed by atoms with Crippen LogP contribution in [0.25, 0.3) is 0 Å². The minimum atomic E-state index is -4.29. The molecule has 0 heterocycles. The molecule has 0 bridgehead atoms. The van der Waals surface area contributed by atoms with Gasteiger partial charge >= 0.3 is 6.18 Å². The molecule has 0 aliphatic carbocycles. The summed E-state index contributed by atoms with van der Waals surface area (Å²) in [4.78, 5) is 23.2. The number of carbonyl (C=O) groups is 2. The van der Waals surface area contributed by atoms with Crippen molar-refractivity contribution in [1.82, 2.24) is 10.6 Å².